The maximum Gasteiger partial charge on any atom is 0.251 e. The van der Waals surface area contributed by atoms with E-state index in [0.29, 0.717) is 11.7 Å². The fraction of sp³-hybridized carbons (Fsp3) is 0.400. The van der Waals surface area contributed by atoms with Crippen LogP contribution in [0, 0.1) is 6.92 Å². The van der Waals surface area contributed by atoms with E-state index in [0.717, 1.165) is 29.8 Å². The van der Waals surface area contributed by atoms with Crippen molar-refractivity contribution in [2.45, 2.75) is 38.5 Å². The van der Waals surface area contributed by atoms with Crippen LogP contribution in [-0.4, -0.2) is 15.0 Å². The molecule has 0 aliphatic heterocycles. The Morgan fingerprint density at radius 3 is 2.74 bits per heavy atom. The standard InChI is InChI=1S/C15H17N3O/c1-10-6-7-12(16-9-10)15-17-13(8-14(19)18-15)11-4-2-3-5-11/h6-9,11H,2-5H2,1H3,(H,17,18,19). The van der Waals surface area contributed by atoms with Gasteiger partial charge in [0, 0.05) is 18.2 Å². The highest BCUT2D eigenvalue weighted by Crippen LogP contribution is 2.32. The summed E-state index contributed by atoms with van der Waals surface area (Å²) in [5.41, 5.74) is 2.65. The number of hydrogen-bond acceptors (Lipinski definition) is 3. The van der Waals surface area contributed by atoms with Crippen molar-refractivity contribution in [3.63, 3.8) is 0 Å². The number of hydrogen-bond donors (Lipinski definition) is 1. The number of pyridine rings is 1. The summed E-state index contributed by atoms with van der Waals surface area (Å²) in [6.45, 7) is 1.99. The third-order valence-corrected chi connectivity index (χ3v) is 3.69. The van der Waals surface area contributed by atoms with E-state index in [2.05, 4.69) is 15.0 Å². The van der Waals surface area contributed by atoms with Gasteiger partial charge in [-0.3, -0.25) is 9.78 Å². The van der Waals surface area contributed by atoms with Gasteiger partial charge in [-0.15, -0.1) is 0 Å². The molecule has 0 atom stereocenters. The minimum atomic E-state index is -0.0886. The van der Waals surface area contributed by atoms with Crippen molar-refractivity contribution in [3.05, 3.63) is 46.0 Å². The largest absolute Gasteiger partial charge is 0.305 e. The Kier molecular flexibility index (Phi) is 3.15. The molecule has 0 aromatic carbocycles. The number of aromatic nitrogens is 3. The van der Waals surface area contributed by atoms with E-state index in [1.165, 1.54) is 12.8 Å². The average molecular weight is 255 g/mol. The molecule has 1 aliphatic carbocycles. The number of H-pyrrole nitrogens is 1. The van der Waals surface area contributed by atoms with Gasteiger partial charge in [-0.1, -0.05) is 18.9 Å². The van der Waals surface area contributed by atoms with Crippen molar-refractivity contribution in [1.82, 2.24) is 15.0 Å². The van der Waals surface area contributed by atoms with Crippen molar-refractivity contribution in [3.8, 4) is 11.5 Å². The summed E-state index contributed by atoms with van der Waals surface area (Å²) >= 11 is 0. The monoisotopic (exact) mass is 255 g/mol. The molecule has 2 aromatic heterocycles. The van der Waals surface area contributed by atoms with E-state index in [4.69, 9.17) is 0 Å². The third-order valence-electron chi connectivity index (χ3n) is 3.69. The van der Waals surface area contributed by atoms with Crippen LogP contribution in [0.15, 0.2) is 29.2 Å². The van der Waals surface area contributed by atoms with Crippen molar-refractivity contribution < 1.29 is 0 Å². The highest BCUT2D eigenvalue weighted by molar-refractivity contribution is 5.49. The highest BCUT2D eigenvalue weighted by atomic mass is 16.1. The van der Waals surface area contributed by atoms with Crippen molar-refractivity contribution in [2.75, 3.05) is 0 Å². The molecule has 1 saturated carbocycles. The summed E-state index contributed by atoms with van der Waals surface area (Å²) < 4.78 is 0. The molecule has 19 heavy (non-hydrogen) atoms. The van der Waals surface area contributed by atoms with Crippen LogP contribution >= 0.6 is 0 Å². The van der Waals surface area contributed by atoms with Gasteiger partial charge in [-0.2, -0.15) is 0 Å². The highest BCUT2D eigenvalue weighted by Gasteiger charge is 2.19. The maximum atomic E-state index is 11.8. The molecule has 2 heterocycles. The van der Waals surface area contributed by atoms with Crippen LogP contribution in [0.5, 0.6) is 0 Å². The molecule has 0 bridgehead atoms. The van der Waals surface area contributed by atoms with Gasteiger partial charge in [-0.05, 0) is 31.4 Å². The van der Waals surface area contributed by atoms with Crippen LogP contribution in [0.2, 0.25) is 0 Å². The minimum Gasteiger partial charge on any atom is -0.305 e. The summed E-state index contributed by atoms with van der Waals surface area (Å²) in [6.07, 6.45) is 6.53. The summed E-state index contributed by atoms with van der Waals surface area (Å²) in [6, 6.07) is 5.50. The van der Waals surface area contributed by atoms with E-state index in [9.17, 15) is 4.79 Å². The second kappa shape index (κ2) is 4.96. The quantitative estimate of drug-likeness (QED) is 0.897. The maximum absolute atomic E-state index is 11.8. The van der Waals surface area contributed by atoms with Gasteiger partial charge >= 0.3 is 0 Å². The first kappa shape index (κ1) is 12.1. The van der Waals surface area contributed by atoms with Crippen molar-refractivity contribution in [1.29, 1.82) is 0 Å². The Labute approximate surface area is 111 Å². The van der Waals surface area contributed by atoms with Gasteiger partial charge in [0.2, 0.25) is 0 Å². The van der Waals surface area contributed by atoms with Gasteiger partial charge < -0.3 is 4.98 Å². The van der Waals surface area contributed by atoms with Gasteiger partial charge in [0.05, 0.1) is 5.69 Å². The molecule has 4 nitrogen and oxygen atoms in total. The SMILES string of the molecule is Cc1ccc(-c2nc(C3CCCC3)cc(=O)[nH]2)nc1. The topological polar surface area (TPSA) is 58.6 Å². The lowest BCUT2D eigenvalue weighted by Crippen LogP contribution is -2.12. The van der Waals surface area contributed by atoms with Crippen LogP contribution in [0.4, 0.5) is 0 Å². The lowest BCUT2D eigenvalue weighted by molar-refractivity contribution is 0.693. The molecule has 0 saturated heterocycles. The molecule has 98 valence electrons. The second-order valence-electron chi connectivity index (χ2n) is 5.22. The molecule has 1 aliphatic rings. The third kappa shape index (κ3) is 2.57. The Morgan fingerprint density at radius 1 is 1.26 bits per heavy atom. The van der Waals surface area contributed by atoms with Gasteiger partial charge in [0.15, 0.2) is 5.82 Å². The van der Waals surface area contributed by atoms with E-state index < -0.39 is 0 Å². The minimum absolute atomic E-state index is 0.0886. The number of nitrogens with zero attached hydrogens (tertiary/aromatic N) is 2. The lowest BCUT2D eigenvalue weighted by Gasteiger charge is -2.09. The molecule has 0 radical (unpaired) electrons. The van der Waals surface area contributed by atoms with Crippen LogP contribution in [-0.2, 0) is 0 Å². The molecule has 2 aromatic rings. The van der Waals surface area contributed by atoms with Crippen molar-refractivity contribution in [2.24, 2.45) is 0 Å². The Balaban J connectivity index is 2.01. The van der Waals surface area contributed by atoms with Crippen LogP contribution in [0.3, 0.4) is 0 Å². The molecule has 4 heteroatoms. The number of aromatic amines is 1. The zero-order chi connectivity index (χ0) is 13.2. The second-order valence-corrected chi connectivity index (χ2v) is 5.22. The molecule has 0 amide bonds. The molecular formula is C15H17N3O. The van der Waals surface area contributed by atoms with Crippen LogP contribution in [0.1, 0.15) is 42.9 Å². The summed E-state index contributed by atoms with van der Waals surface area (Å²) in [7, 11) is 0. The van der Waals surface area contributed by atoms with Gasteiger partial charge in [0.1, 0.15) is 5.69 Å². The molecular weight excluding hydrogens is 238 g/mol. The lowest BCUT2D eigenvalue weighted by atomic mass is 10.0. The molecule has 1 N–H and O–H groups in total. The predicted octanol–water partition coefficient (Wildman–Crippen LogP) is 2.80. The van der Waals surface area contributed by atoms with E-state index in [1.54, 1.807) is 12.3 Å². The Morgan fingerprint density at radius 2 is 2.05 bits per heavy atom. The molecule has 0 unspecified atom stereocenters. The first-order chi connectivity index (χ1) is 9.22. The molecule has 0 spiro atoms. The van der Waals surface area contributed by atoms with Gasteiger partial charge in [0.25, 0.3) is 5.56 Å². The fourth-order valence-corrected chi connectivity index (χ4v) is 2.64. The first-order valence-corrected chi connectivity index (χ1v) is 6.77. The average Bonchev–Trinajstić information content (AvgIpc) is 2.93. The van der Waals surface area contributed by atoms with Crippen LogP contribution in [0.25, 0.3) is 11.5 Å². The predicted molar refractivity (Wildman–Crippen MR) is 74.0 cm³/mol. The zero-order valence-electron chi connectivity index (χ0n) is 11.0. The summed E-state index contributed by atoms with van der Waals surface area (Å²) in [5, 5.41) is 0. The number of nitrogens with one attached hydrogen (secondary N) is 1. The Hall–Kier alpha value is -1.97. The number of aryl methyl sites for hydroxylation is 1. The normalized spacial score (nSPS) is 15.8. The smallest absolute Gasteiger partial charge is 0.251 e. The number of rotatable bonds is 2. The van der Waals surface area contributed by atoms with E-state index in [1.807, 2.05) is 19.1 Å². The summed E-state index contributed by atoms with van der Waals surface area (Å²) in [5.74, 6) is 1.01. The van der Waals surface area contributed by atoms with Crippen LogP contribution < -0.4 is 5.56 Å². The van der Waals surface area contributed by atoms with E-state index >= 15 is 0 Å². The van der Waals surface area contributed by atoms with Crippen molar-refractivity contribution >= 4 is 0 Å². The first-order valence-electron chi connectivity index (χ1n) is 6.77. The van der Waals surface area contributed by atoms with Gasteiger partial charge in [-0.25, -0.2) is 4.98 Å². The Bertz CT molecular complexity index is 625. The fourth-order valence-electron chi connectivity index (χ4n) is 2.64. The molecule has 1 fully saturated rings. The molecule has 3 rings (SSSR count). The summed E-state index contributed by atoms with van der Waals surface area (Å²) in [4.78, 5) is 23.5. The van der Waals surface area contributed by atoms with E-state index in [-0.39, 0.29) is 5.56 Å². The zero-order valence-corrected chi connectivity index (χ0v) is 11.0.